The maximum atomic E-state index is 13.1. The summed E-state index contributed by atoms with van der Waals surface area (Å²) in [5, 5.41) is 9.89. The summed E-state index contributed by atoms with van der Waals surface area (Å²) >= 11 is 0. The lowest BCUT2D eigenvalue weighted by molar-refractivity contribution is -0.142. The Bertz CT molecular complexity index is 652. The van der Waals surface area contributed by atoms with Crippen molar-refractivity contribution in [3.05, 3.63) is 17.5 Å². The molecule has 2 atom stereocenters. The number of halogens is 3. The fourth-order valence-corrected chi connectivity index (χ4v) is 4.03. The van der Waals surface area contributed by atoms with Gasteiger partial charge in [0.2, 0.25) is 0 Å². The van der Waals surface area contributed by atoms with Gasteiger partial charge < -0.3 is 15.4 Å². The Labute approximate surface area is 158 Å². The first-order valence-electron chi connectivity index (χ1n) is 9.40. The van der Waals surface area contributed by atoms with Gasteiger partial charge in [-0.25, -0.2) is 0 Å². The molecule has 27 heavy (non-hydrogen) atoms. The van der Waals surface area contributed by atoms with Crippen LogP contribution in [0.5, 0.6) is 0 Å². The van der Waals surface area contributed by atoms with Crippen molar-refractivity contribution in [1.82, 2.24) is 20.4 Å². The number of ether oxygens (including phenoxy) is 1. The maximum Gasteiger partial charge on any atom is 0.435 e. The van der Waals surface area contributed by atoms with Crippen molar-refractivity contribution in [1.29, 1.82) is 0 Å². The van der Waals surface area contributed by atoms with E-state index in [1.165, 1.54) is 17.9 Å². The van der Waals surface area contributed by atoms with Crippen molar-refractivity contribution in [2.75, 3.05) is 13.7 Å². The zero-order valence-electron chi connectivity index (χ0n) is 16.7. The molecule has 2 unspecified atom stereocenters. The first-order valence-corrected chi connectivity index (χ1v) is 9.40. The van der Waals surface area contributed by atoms with Gasteiger partial charge >= 0.3 is 6.18 Å². The molecule has 1 aliphatic rings. The summed E-state index contributed by atoms with van der Waals surface area (Å²) in [6, 6.07) is 0.172. The van der Waals surface area contributed by atoms with Gasteiger partial charge in [0.1, 0.15) is 0 Å². The Morgan fingerprint density at radius 1 is 1.37 bits per heavy atom. The minimum atomic E-state index is -4.48. The minimum absolute atomic E-state index is 0.00475. The van der Waals surface area contributed by atoms with Gasteiger partial charge in [-0.05, 0) is 26.2 Å². The quantitative estimate of drug-likeness (QED) is 0.556. The van der Waals surface area contributed by atoms with Crippen LogP contribution in [0.25, 0.3) is 0 Å². The minimum Gasteiger partial charge on any atom is -0.378 e. The van der Waals surface area contributed by atoms with Crippen molar-refractivity contribution in [2.45, 2.75) is 64.9 Å². The molecule has 0 saturated heterocycles. The summed E-state index contributed by atoms with van der Waals surface area (Å²) in [5.74, 6) is 0.484. The van der Waals surface area contributed by atoms with E-state index in [1.807, 2.05) is 6.92 Å². The highest BCUT2D eigenvalue weighted by Crippen LogP contribution is 2.48. The number of hydrogen-bond acceptors (Lipinski definition) is 3. The van der Waals surface area contributed by atoms with Gasteiger partial charge in [-0.1, -0.05) is 13.8 Å². The summed E-state index contributed by atoms with van der Waals surface area (Å²) < 4.78 is 46.3. The summed E-state index contributed by atoms with van der Waals surface area (Å²) in [4.78, 5) is 4.17. The Balaban J connectivity index is 2.03. The van der Waals surface area contributed by atoms with E-state index >= 15 is 0 Å². The second kappa shape index (κ2) is 8.50. The molecule has 0 radical (unpaired) electrons. The molecular formula is C18H30F3N5O. The highest BCUT2D eigenvalue weighted by molar-refractivity contribution is 5.80. The van der Waals surface area contributed by atoms with Crippen LogP contribution in [0, 0.1) is 5.41 Å². The molecule has 1 saturated carbocycles. The molecule has 1 aromatic rings. The van der Waals surface area contributed by atoms with Gasteiger partial charge in [0.05, 0.1) is 6.10 Å². The van der Waals surface area contributed by atoms with Gasteiger partial charge in [-0.3, -0.25) is 9.67 Å². The number of nitrogens with one attached hydrogen (secondary N) is 2. The van der Waals surface area contributed by atoms with Gasteiger partial charge in [-0.2, -0.15) is 18.3 Å². The third-order valence-corrected chi connectivity index (χ3v) is 5.62. The van der Waals surface area contributed by atoms with E-state index in [0.717, 1.165) is 19.3 Å². The van der Waals surface area contributed by atoms with Gasteiger partial charge in [-0.15, -0.1) is 0 Å². The highest BCUT2D eigenvalue weighted by atomic mass is 19.4. The van der Waals surface area contributed by atoms with Gasteiger partial charge in [0.15, 0.2) is 11.7 Å². The predicted octanol–water partition coefficient (Wildman–Crippen LogP) is 3.09. The normalized spacial score (nSPS) is 22.4. The van der Waals surface area contributed by atoms with Crippen molar-refractivity contribution >= 4 is 5.96 Å². The van der Waals surface area contributed by atoms with Gasteiger partial charge in [0, 0.05) is 50.5 Å². The van der Waals surface area contributed by atoms with Crippen molar-refractivity contribution in [3.8, 4) is 0 Å². The van der Waals surface area contributed by atoms with Crippen LogP contribution in [0.3, 0.4) is 0 Å². The fourth-order valence-electron chi connectivity index (χ4n) is 4.03. The van der Waals surface area contributed by atoms with Crippen LogP contribution in [0.4, 0.5) is 13.2 Å². The smallest absolute Gasteiger partial charge is 0.378 e. The summed E-state index contributed by atoms with van der Waals surface area (Å²) in [6.07, 6.45) is -0.124. The molecular weight excluding hydrogens is 359 g/mol. The Kier molecular flexibility index (Phi) is 6.77. The van der Waals surface area contributed by atoms with E-state index in [4.69, 9.17) is 4.74 Å². The molecule has 0 spiro atoms. The molecule has 9 heteroatoms. The largest absolute Gasteiger partial charge is 0.435 e. The monoisotopic (exact) mass is 389 g/mol. The second-order valence-corrected chi connectivity index (χ2v) is 6.92. The van der Waals surface area contributed by atoms with E-state index in [1.54, 1.807) is 7.05 Å². The Morgan fingerprint density at radius 2 is 2.04 bits per heavy atom. The van der Waals surface area contributed by atoms with Gasteiger partial charge in [0.25, 0.3) is 0 Å². The van der Waals surface area contributed by atoms with Crippen LogP contribution in [0.2, 0.25) is 0 Å². The number of nitrogens with zero attached hydrogens (tertiary/aromatic N) is 3. The van der Waals surface area contributed by atoms with E-state index in [0.29, 0.717) is 12.6 Å². The van der Waals surface area contributed by atoms with Crippen LogP contribution in [-0.4, -0.2) is 41.5 Å². The van der Waals surface area contributed by atoms with Crippen LogP contribution in [0.15, 0.2) is 11.2 Å². The number of aromatic nitrogens is 2. The maximum absolute atomic E-state index is 13.1. The standard InChI is InChI=1S/C18H30F3N5O/c1-6-17(7-2)13(9-14(17)27-8-3)24-16(22-4)23-10-12-11-26(5)25-15(12)18(19,20)21/h11,13-14H,6-10H2,1-5H3,(H2,22,23,24). The molecule has 0 aliphatic heterocycles. The number of hydrogen-bond donors (Lipinski definition) is 2. The molecule has 1 heterocycles. The topological polar surface area (TPSA) is 63.5 Å². The Hall–Kier alpha value is -1.77. The molecule has 0 amide bonds. The lowest BCUT2D eigenvalue weighted by Gasteiger charge is -2.55. The predicted molar refractivity (Wildman–Crippen MR) is 98.4 cm³/mol. The molecule has 0 bridgehead atoms. The summed E-state index contributed by atoms with van der Waals surface area (Å²) in [7, 11) is 3.09. The third kappa shape index (κ3) is 4.39. The molecule has 6 nitrogen and oxygen atoms in total. The summed E-state index contributed by atoms with van der Waals surface area (Å²) in [5.41, 5.74) is -0.769. The van der Waals surface area contributed by atoms with Crippen molar-refractivity contribution < 1.29 is 17.9 Å². The van der Waals surface area contributed by atoms with E-state index in [2.05, 4.69) is 34.6 Å². The first-order chi connectivity index (χ1) is 12.7. The molecule has 0 aromatic carbocycles. The zero-order valence-corrected chi connectivity index (χ0v) is 16.7. The SMILES string of the molecule is CCOC1CC(NC(=NC)NCc2cn(C)nc2C(F)(F)F)C1(CC)CC. The second-order valence-electron chi connectivity index (χ2n) is 6.92. The number of aryl methyl sites for hydroxylation is 1. The van der Waals surface area contributed by atoms with E-state index < -0.39 is 11.9 Å². The number of alkyl halides is 3. The van der Waals surface area contributed by atoms with Crippen molar-refractivity contribution in [2.24, 2.45) is 17.5 Å². The lowest BCUT2D eigenvalue weighted by atomic mass is 9.58. The fraction of sp³-hybridized carbons (Fsp3) is 0.778. The Morgan fingerprint density at radius 3 is 2.56 bits per heavy atom. The number of rotatable bonds is 7. The van der Waals surface area contributed by atoms with Crippen LogP contribution >= 0.6 is 0 Å². The highest BCUT2D eigenvalue weighted by Gasteiger charge is 2.53. The summed E-state index contributed by atoms with van der Waals surface area (Å²) in [6.45, 7) is 6.95. The van der Waals surface area contributed by atoms with Crippen LogP contribution in [0.1, 0.15) is 51.3 Å². The molecule has 1 aliphatic carbocycles. The van der Waals surface area contributed by atoms with Crippen LogP contribution < -0.4 is 10.6 Å². The number of aliphatic imine (C=N–C) groups is 1. The zero-order chi connectivity index (χ0) is 20.2. The molecule has 2 rings (SSSR count). The lowest BCUT2D eigenvalue weighted by Crippen LogP contribution is -2.65. The van der Waals surface area contributed by atoms with Crippen molar-refractivity contribution in [3.63, 3.8) is 0 Å². The number of guanidine groups is 1. The molecule has 1 fully saturated rings. The van der Waals surface area contributed by atoms with Crippen LogP contribution in [-0.2, 0) is 24.5 Å². The molecule has 2 N–H and O–H groups in total. The molecule has 1 aromatic heterocycles. The third-order valence-electron chi connectivity index (χ3n) is 5.62. The first kappa shape index (κ1) is 21.5. The van der Waals surface area contributed by atoms with E-state index in [-0.39, 0.29) is 29.7 Å². The molecule has 154 valence electrons. The average molecular weight is 389 g/mol. The van der Waals surface area contributed by atoms with E-state index in [9.17, 15) is 13.2 Å². The average Bonchev–Trinajstić information content (AvgIpc) is 2.99.